The minimum atomic E-state index is -0.391. The lowest BCUT2D eigenvalue weighted by molar-refractivity contribution is 0.0601. The first-order valence-corrected chi connectivity index (χ1v) is 8.45. The molecule has 1 atom stereocenters. The molecule has 1 aromatic carbocycles. The number of carbonyl (C=O) groups excluding carboxylic acids is 1. The summed E-state index contributed by atoms with van der Waals surface area (Å²) in [6.45, 7) is 0. The molecule has 0 bridgehead atoms. The third-order valence-corrected chi connectivity index (χ3v) is 4.11. The minimum Gasteiger partial charge on any atom is -0.465 e. The maximum atomic E-state index is 11.4. The van der Waals surface area contributed by atoms with Crippen LogP contribution in [-0.4, -0.2) is 22.6 Å². The van der Waals surface area contributed by atoms with Gasteiger partial charge in [-0.05, 0) is 34.2 Å². The van der Waals surface area contributed by atoms with Gasteiger partial charge >= 0.3 is 5.97 Å². The highest BCUT2D eigenvalue weighted by Crippen LogP contribution is 2.31. The predicted octanol–water partition coefficient (Wildman–Crippen LogP) is 2.20. The summed E-state index contributed by atoms with van der Waals surface area (Å²) in [6.07, 6.45) is 2.17. The van der Waals surface area contributed by atoms with E-state index in [1.54, 1.807) is 22.8 Å². The van der Waals surface area contributed by atoms with Crippen LogP contribution in [0.15, 0.2) is 18.3 Å². The van der Waals surface area contributed by atoms with Crippen LogP contribution in [0, 0.1) is 0 Å². The molecule has 0 aliphatic heterocycles. The number of aromatic nitrogens is 2. The Morgan fingerprint density at radius 1 is 1.62 bits per heavy atom. The molecular formula is C9H9IN3O2P. The molecule has 0 saturated carbocycles. The van der Waals surface area contributed by atoms with Crippen molar-refractivity contribution in [2.45, 2.75) is 0 Å². The normalized spacial score (nSPS) is 11.4. The maximum Gasteiger partial charge on any atom is 0.338 e. The van der Waals surface area contributed by atoms with Crippen LogP contribution in [0.25, 0.3) is 10.9 Å². The molecule has 2 rings (SSSR count). The van der Waals surface area contributed by atoms with Crippen molar-refractivity contribution >= 4 is 51.0 Å². The third-order valence-electron chi connectivity index (χ3n) is 2.22. The number of nitrogens with two attached hydrogens (primary N) is 1. The van der Waals surface area contributed by atoms with E-state index in [9.17, 15) is 4.79 Å². The van der Waals surface area contributed by atoms with Crippen molar-refractivity contribution in [2.24, 2.45) is 0 Å². The monoisotopic (exact) mass is 349 g/mol. The fourth-order valence-corrected chi connectivity index (χ4v) is 2.99. The van der Waals surface area contributed by atoms with E-state index in [-0.39, 0.29) is 0 Å². The molecule has 0 aliphatic rings. The minimum absolute atomic E-state index is 0.391. The Hall–Kier alpha value is -0.880. The van der Waals surface area contributed by atoms with Crippen molar-refractivity contribution in [3.63, 3.8) is 0 Å². The number of nitrogen functional groups attached to an aromatic ring is 1. The predicted molar refractivity (Wildman–Crippen MR) is 73.2 cm³/mol. The molecule has 0 radical (unpaired) electrons. The van der Waals surface area contributed by atoms with E-state index in [0.29, 0.717) is 17.6 Å². The van der Waals surface area contributed by atoms with Gasteiger partial charge in [-0.3, -0.25) is 0 Å². The van der Waals surface area contributed by atoms with Crippen LogP contribution in [0.5, 0.6) is 0 Å². The van der Waals surface area contributed by atoms with Crippen LogP contribution in [0.4, 0.5) is 5.69 Å². The van der Waals surface area contributed by atoms with Crippen molar-refractivity contribution in [3.8, 4) is 0 Å². The number of methoxy groups -OCH3 is 1. The maximum absolute atomic E-state index is 11.4. The lowest BCUT2D eigenvalue weighted by Crippen LogP contribution is -2.02. The first kappa shape index (κ1) is 11.6. The van der Waals surface area contributed by atoms with Gasteiger partial charge < -0.3 is 10.5 Å². The number of nitrogens with zero attached hydrogens (tertiary/aromatic N) is 2. The quantitative estimate of drug-likeness (QED) is 0.391. The van der Waals surface area contributed by atoms with Gasteiger partial charge in [0.05, 0.1) is 30.8 Å². The summed E-state index contributed by atoms with van der Waals surface area (Å²) < 4.78 is 6.47. The van der Waals surface area contributed by atoms with Crippen LogP contribution in [0.1, 0.15) is 10.4 Å². The second-order valence-electron chi connectivity index (χ2n) is 3.13. The summed E-state index contributed by atoms with van der Waals surface area (Å²) in [7, 11) is 1.35. The molecule has 16 heavy (non-hydrogen) atoms. The van der Waals surface area contributed by atoms with Crippen LogP contribution in [0.3, 0.4) is 0 Å². The fourth-order valence-electron chi connectivity index (χ4n) is 1.46. The summed E-state index contributed by atoms with van der Waals surface area (Å²) in [5, 5.41) is 5.05. The van der Waals surface area contributed by atoms with Crippen molar-refractivity contribution < 1.29 is 9.53 Å². The zero-order valence-corrected chi connectivity index (χ0v) is 11.6. The van der Waals surface area contributed by atoms with E-state index in [0.717, 1.165) is 10.9 Å². The third kappa shape index (κ3) is 1.87. The number of carbonyl (C=O) groups is 1. The topological polar surface area (TPSA) is 70.1 Å². The van der Waals surface area contributed by atoms with Crippen LogP contribution >= 0.6 is 28.4 Å². The first-order valence-electron chi connectivity index (χ1n) is 4.39. The smallest absolute Gasteiger partial charge is 0.338 e. The van der Waals surface area contributed by atoms with E-state index in [4.69, 9.17) is 5.73 Å². The molecule has 0 spiro atoms. The molecule has 0 saturated heterocycles. The number of rotatable bonds is 2. The molecule has 1 aromatic heterocycles. The number of esters is 1. The summed E-state index contributed by atoms with van der Waals surface area (Å²) >= 11 is 2.22. The van der Waals surface area contributed by atoms with Gasteiger partial charge in [0.1, 0.15) is 0 Å². The number of ether oxygens (including phenoxy) is 1. The van der Waals surface area contributed by atoms with Crippen molar-refractivity contribution in [2.75, 3.05) is 12.8 Å². The molecule has 0 aliphatic carbocycles. The number of hydrogen-bond acceptors (Lipinski definition) is 4. The number of fused-ring (bicyclic) bond motifs is 1. The number of anilines is 1. The summed E-state index contributed by atoms with van der Waals surface area (Å²) in [5.41, 5.74) is 7.70. The highest BCUT2D eigenvalue weighted by Gasteiger charge is 2.12. The average molecular weight is 349 g/mol. The highest BCUT2D eigenvalue weighted by molar-refractivity contribution is 14.2. The van der Waals surface area contributed by atoms with Crippen molar-refractivity contribution in [1.82, 2.24) is 9.55 Å². The highest BCUT2D eigenvalue weighted by atomic mass is 127. The largest absolute Gasteiger partial charge is 0.465 e. The number of halogens is 1. The molecule has 0 amide bonds. The summed E-state index contributed by atoms with van der Waals surface area (Å²) in [6, 6.07) is 3.35. The SMILES string of the molecule is COC(=O)c1cc(N)c2cnn(PI)c2c1. The van der Waals surface area contributed by atoms with Crippen molar-refractivity contribution in [3.05, 3.63) is 23.9 Å². The molecule has 1 heterocycles. The Labute approximate surface area is 107 Å². The van der Waals surface area contributed by atoms with Crippen LogP contribution in [0.2, 0.25) is 0 Å². The van der Waals surface area contributed by atoms with Gasteiger partial charge in [-0.2, -0.15) is 5.10 Å². The Morgan fingerprint density at radius 2 is 2.38 bits per heavy atom. The van der Waals surface area contributed by atoms with Crippen molar-refractivity contribution in [1.29, 1.82) is 0 Å². The zero-order valence-electron chi connectivity index (χ0n) is 8.40. The van der Waals surface area contributed by atoms with E-state index in [2.05, 4.69) is 31.9 Å². The van der Waals surface area contributed by atoms with E-state index >= 15 is 0 Å². The standard InChI is InChI=1S/C9H9IN3O2P/c1-15-9(14)5-2-7(11)6-4-12-13(16-10)8(6)3-5/h2-4,16H,11H2,1H3. The van der Waals surface area contributed by atoms with E-state index in [1.807, 2.05) is 0 Å². The van der Waals surface area contributed by atoms with Gasteiger partial charge in [-0.25, -0.2) is 9.25 Å². The summed E-state index contributed by atoms with van der Waals surface area (Å²) in [4.78, 5) is 11.4. The summed E-state index contributed by atoms with van der Waals surface area (Å²) in [5.74, 6) is -0.391. The van der Waals surface area contributed by atoms with Gasteiger partial charge in [0.25, 0.3) is 0 Å². The fraction of sp³-hybridized carbons (Fsp3) is 0.111. The lowest BCUT2D eigenvalue weighted by atomic mass is 10.1. The molecule has 1 unspecified atom stereocenters. The molecule has 2 aromatic rings. The average Bonchev–Trinajstić information content (AvgIpc) is 2.71. The van der Waals surface area contributed by atoms with Gasteiger partial charge in [-0.15, -0.1) is 0 Å². The van der Waals surface area contributed by atoms with E-state index in [1.165, 1.54) is 7.11 Å². The Balaban J connectivity index is 2.68. The van der Waals surface area contributed by atoms with Crippen LogP contribution in [-0.2, 0) is 4.74 Å². The molecule has 5 nitrogen and oxygen atoms in total. The van der Waals surface area contributed by atoms with Gasteiger partial charge in [0, 0.05) is 11.1 Å². The number of hydrogen-bond donors (Lipinski definition) is 1. The Bertz CT molecular complexity index is 555. The lowest BCUT2D eigenvalue weighted by Gasteiger charge is -2.03. The molecule has 7 heteroatoms. The van der Waals surface area contributed by atoms with Gasteiger partial charge in [0.15, 0.2) is 0 Å². The van der Waals surface area contributed by atoms with Crippen LogP contribution < -0.4 is 5.73 Å². The second kappa shape index (κ2) is 4.55. The Morgan fingerprint density at radius 3 is 3.00 bits per heavy atom. The molecule has 84 valence electrons. The number of benzene rings is 1. The molecule has 2 N–H and O–H groups in total. The van der Waals surface area contributed by atoms with E-state index < -0.39 is 5.97 Å². The van der Waals surface area contributed by atoms with Gasteiger partial charge in [-0.1, -0.05) is 0 Å². The first-order chi connectivity index (χ1) is 7.67. The molecular weight excluding hydrogens is 340 g/mol. The zero-order chi connectivity index (χ0) is 11.7. The molecule has 0 fully saturated rings. The Kier molecular flexibility index (Phi) is 3.30. The van der Waals surface area contributed by atoms with Gasteiger partial charge in [0.2, 0.25) is 0 Å². The second-order valence-corrected chi connectivity index (χ2v) is 5.17.